The Bertz CT molecular complexity index is 916. The van der Waals surface area contributed by atoms with Crippen LogP contribution in [0.3, 0.4) is 0 Å². The molecular weight excluding hydrogens is 556 g/mol. The topological polar surface area (TPSA) is 9.23 Å². The summed E-state index contributed by atoms with van der Waals surface area (Å²) in [6.07, 6.45) is 18.3. The Morgan fingerprint density at radius 3 is 1.85 bits per heavy atom. The minimum Gasteiger partial charge on any atom is -0.492 e. The predicted molar refractivity (Wildman–Crippen MR) is 155 cm³/mol. The minimum atomic E-state index is 0.799. The summed E-state index contributed by atoms with van der Waals surface area (Å²) in [5, 5.41) is 2.69. The molecule has 0 aliphatic rings. The first-order valence-electron chi connectivity index (χ1n) is 13.1. The van der Waals surface area contributed by atoms with Crippen molar-refractivity contribution in [2.24, 2.45) is 0 Å². The summed E-state index contributed by atoms with van der Waals surface area (Å²) < 4.78 is 11.2. The third-order valence-electron chi connectivity index (χ3n) is 6.50. The molecule has 33 heavy (non-hydrogen) atoms. The number of hydrogen-bond donors (Lipinski definition) is 0. The number of hydrogen-bond acceptors (Lipinski definition) is 2. The molecule has 1 heterocycles. The van der Waals surface area contributed by atoms with Gasteiger partial charge in [-0.3, -0.25) is 0 Å². The van der Waals surface area contributed by atoms with E-state index in [1.54, 1.807) is 0 Å². The Morgan fingerprint density at radius 2 is 1.18 bits per heavy atom. The summed E-state index contributed by atoms with van der Waals surface area (Å²) in [7, 11) is 0. The van der Waals surface area contributed by atoms with Crippen LogP contribution in [0.1, 0.15) is 103 Å². The van der Waals surface area contributed by atoms with Crippen LogP contribution in [0.2, 0.25) is 0 Å². The SMILES string of the molecule is CCCCCCCCCc1cc2c(cc1Br)sc1cc(Br)c(OCCCCCCCC)cc12. The second kappa shape index (κ2) is 14.7. The molecule has 0 saturated heterocycles. The Labute approximate surface area is 221 Å². The fourth-order valence-corrected chi connectivity index (χ4v) is 6.93. The van der Waals surface area contributed by atoms with Crippen LogP contribution >= 0.6 is 43.2 Å². The number of thiophene rings is 1. The fourth-order valence-electron chi connectivity index (χ4n) is 4.48. The highest BCUT2D eigenvalue weighted by Crippen LogP contribution is 2.41. The Hall–Kier alpha value is -0.580. The van der Waals surface area contributed by atoms with E-state index in [1.165, 1.54) is 107 Å². The molecule has 3 aromatic rings. The maximum absolute atomic E-state index is 6.19. The van der Waals surface area contributed by atoms with E-state index in [4.69, 9.17) is 4.74 Å². The molecule has 0 radical (unpaired) electrons. The third-order valence-corrected chi connectivity index (χ3v) is 8.97. The smallest absolute Gasteiger partial charge is 0.134 e. The second-order valence-corrected chi connectivity index (χ2v) is 12.1. The molecule has 0 saturated carbocycles. The summed E-state index contributed by atoms with van der Waals surface area (Å²) in [6.45, 7) is 5.35. The highest BCUT2D eigenvalue weighted by Gasteiger charge is 2.13. The summed E-state index contributed by atoms with van der Waals surface area (Å²) in [5.41, 5.74) is 1.44. The Balaban J connectivity index is 1.63. The van der Waals surface area contributed by atoms with E-state index in [0.717, 1.165) is 29.7 Å². The van der Waals surface area contributed by atoms with Gasteiger partial charge in [0.05, 0.1) is 11.1 Å². The largest absolute Gasteiger partial charge is 0.492 e. The molecule has 0 aliphatic heterocycles. The summed E-state index contributed by atoms with van der Waals surface area (Å²) in [4.78, 5) is 0. The van der Waals surface area contributed by atoms with Crippen molar-refractivity contribution >= 4 is 63.4 Å². The maximum Gasteiger partial charge on any atom is 0.134 e. The zero-order valence-electron chi connectivity index (χ0n) is 20.5. The van der Waals surface area contributed by atoms with E-state index in [9.17, 15) is 0 Å². The molecule has 1 nitrogen and oxygen atoms in total. The monoisotopic (exact) mass is 594 g/mol. The van der Waals surface area contributed by atoms with Crippen molar-refractivity contribution in [1.29, 1.82) is 0 Å². The average Bonchev–Trinajstić information content (AvgIpc) is 3.13. The second-order valence-electron chi connectivity index (χ2n) is 9.31. The van der Waals surface area contributed by atoms with Crippen molar-refractivity contribution in [2.75, 3.05) is 6.61 Å². The van der Waals surface area contributed by atoms with E-state index in [-0.39, 0.29) is 0 Å². The minimum absolute atomic E-state index is 0.799. The molecule has 0 fully saturated rings. The van der Waals surface area contributed by atoms with Crippen LogP contribution < -0.4 is 4.74 Å². The van der Waals surface area contributed by atoms with Gasteiger partial charge < -0.3 is 4.74 Å². The van der Waals surface area contributed by atoms with Crippen LogP contribution in [-0.4, -0.2) is 6.61 Å². The van der Waals surface area contributed by atoms with Crippen LogP contribution in [0.4, 0.5) is 0 Å². The van der Waals surface area contributed by atoms with E-state index in [2.05, 4.69) is 70.0 Å². The van der Waals surface area contributed by atoms with Gasteiger partial charge in [0.1, 0.15) is 5.75 Å². The standard InChI is InChI=1S/C29H40Br2OS/c1-3-5-7-9-11-12-14-16-22-18-23-24-19-27(32-17-15-13-10-8-6-4-2)26(31)21-29(24)33-28(23)20-25(22)30/h18-21H,3-17H2,1-2H3. The van der Waals surface area contributed by atoms with Crippen molar-refractivity contribution < 1.29 is 4.74 Å². The average molecular weight is 597 g/mol. The van der Waals surface area contributed by atoms with Gasteiger partial charge in [-0.2, -0.15) is 0 Å². The molecule has 0 atom stereocenters. The van der Waals surface area contributed by atoms with Crippen LogP contribution in [0, 0.1) is 0 Å². The summed E-state index contributed by atoms with van der Waals surface area (Å²) >= 11 is 9.46. The molecular formula is C29H40Br2OS. The van der Waals surface area contributed by atoms with E-state index in [1.807, 2.05) is 11.3 Å². The van der Waals surface area contributed by atoms with Crippen LogP contribution in [0.5, 0.6) is 5.75 Å². The molecule has 1 aromatic heterocycles. The molecule has 0 bridgehead atoms. The van der Waals surface area contributed by atoms with Gasteiger partial charge in [0.15, 0.2) is 0 Å². The maximum atomic E-state index is 6.19. The first kappa shape index (κ1) is 27.0. The van der Waals surface area contributed by atoms with Crippen molar-refractivity contribution in [2.45, 2.75) is 104 Å². The van der Waals surface area contributed by atoms with Crippen molar-refractivity contribution in [3.63, 3.8) is 0 Å². The normalized spacial score (nSPS) is 11.6. The number of unbranched alkanes of at least 4 members (excludes halogenated alkanes) is 11. The molecule has 0 amide bonds. The van der Waals surface area contributed by atoms with Gasteiger partial charge in [-0.1, -0.05) is 100 Å². The lowest BCUT2D eigenvalue weighted by molar-refractivity contribution is 0.303. The van der Waals surface area contributed by atoms with Gasteiger partial charge in [0.2, 0.25) is 0 Å². The molecule has 182 valence electrons. The van der Waals surface area contributed by atoms with Gasteiger partial charge in [-0.15, -0.1) is 11.3 Å². The zero-order chi connectivity index (χ0) is 23.5. The van der Waals surface area contributed by atoms with Gasteiger partial charge in [0, 0.05) is 24.6 Å². The Morgan fingerprint density at radius 1 is 0.636 bits per heavy atom. The highest BCUT2D eigenvalue weighted by molar-refractivity contribution is 9.10. The molecule has 0 spiro atoms. The number of rotatable bonds is 16. The number of benzene rings is 2. The number of fused-ring (bicyclic) bond motifs is 3. The molecule has 4 heteroatoms. The molecule has 0 aliphatic carbocycles. The summed E-state index contributed by atoms with van der Waals surface area (Å²) in [5.74, 6) is 0.979. The number of aryl methyl sites for hydroxylation is 1. The molecule has 2 aromatic carbocycles. The number of ether oxygens (including phenoxy) is 1. The lowest BCUT2D eigenvalue weighted by Gasteiger charge is -2.09. The predicted octanol–water partition coefficient (Wildman–Crippen LogP) is 11.6. The van der Waals surface area contributed by atoms with Crippen LogP contribution in [0.25, 0.3) is 20.2 Å². The van der Waals surface area contributed by atoms with Gasteiger partial charge in [-0.05, 0) is 65.0 Å². The first-order valence-corrected chi connectivity index (χ1v) is 15.5. The van der Waals surface area contributed by atoms with E-state index >= 15 is 0 Å². The van der Waals surface area contributed by atoms with Gasteiger partial charge >= 0.3 is 0 Å². The molecule has 0 unspecified atom stereocenters. The van der Waals surface area contributed by atoms with Gasteiger partial charge in [-0.25, -0.2) is 0 Å². The quantitative estimate of drug-likeness (QED) is 0.150. The number of halogens is 2. The highest BCUT2D eigenvalue weighted by atomic mass is 79.9. The van der Waals surface area contributed by atoms with Gasteiger partial charge in [0.25, 0.3) is 0 Å². The summed E-state index contributed by atoms with van der Waals surface area (Å²) in [6, 6.07) is 9.23. The fraction of sp³-hybridized carbons (Fsp3) is 0.586. The van der Waals surface area contributed by atoms with Crippen LogP contribution in [0.15, 0.2) is 33.2 Å². The first-order chi connectivity index (χ1) is 16.1. The molecule has 3 rings (SSSR count). The zero-order valence-corrected chi connectivity index (χ0v) is 24.5. The molecule has 0 N–H and O–H groups in total. The van der Waals surface area contributed by atoms with Crippen molar-refractivity contribution in [3.8, 4) is 5.75 Å². The Kier molecular flexibility index (Phi) is 12.1. The van der Waals surface area contributed by atoms with Crippen LogP contribution in [-0.2, 0) is 6.42 Å². The lowest BCUT2D eigenvalue weighted by atomic mass is 10.0. The lowest BCUT2D eigenvalue weighted by Crippen LogP contribution is -1.98. The van der Waals surface area contributed by atoms with E-state index in [0.29, 0.717) is 0 Å². The van der Waals surface area contributed by atoms with E-state index < -0.39 is 0 Å². The third kappa shape index (κ3) is 8.25. The van der Waals surface area contributed by atoms with Crippen molar-refractivity contribution in [1.82, 2.24) is 0 Å². The van der Waals surface area contributed by atoms with Crippen molar-refractivity contribution in [3.05, 3.63) is 38.8 Å².